The molecule has 3 atom stereocenters. The summed E-state index contributed by atoms with van der Waals surface area (Å²) in [6.45, 7) is 14.9. The Hall–Kier alpha value is -1.59. The molecule has 0 saturated carbocycles. The van der Waals surface area contributed by atoms with Crippen LogP contribution in [-0.4, -0.2) is 38.8 Å². The van der Waals surface area contributed by atoms with E-state index in [0.29, 0.717) is 13.2 Å². The van der Waals surface area contributed by atoms with Crippen molar-refractivity contribution < 1.29 is 14.3 Å². The highest BCUT2D eigenvalue weighted by Gasteiger charge is 2.18. The van der Waals surface area contributed by atoms with Gasteiger partial charge in [0.15, 0.2) is 0 Å². The van der Waals surface area contributed by atoms with Crippen LogP contribution in [0.5, 0.6) is 5.75 Å². The fraction of sp³-hybridized carbons (Fsp3) is 0.731. The van der Waals surface area contributed by atoms with E-state index in [1.165, 1.54) is 16.7 Å². The zero-order valence-electron chi connectivity index (χ0n) is 21.0. The molecule has 0 radical (unpaired) electrons. The van der Waals surface area contributed by atoms with Gasteiger partial charge < -0.3 is 20.1 Å². The fourth-order valence-corrected chi connectivity index (χ4v) is 3.88. The molecule has 1 rings (SSSR count). The van der Waals surface area contributed by atoms with Crippen LogP contribution in [0.1, 0.15) is 89.0 Å². The number of methoxy groups -OCH3 is 1. The maximum Gasteiger partial charge on any atom is 0.223 e. The van der Waals surface area contributed by atoms with Gasteiger partial charge in [-0.3, -0.25) is 4.79 Å². The van der Waals surface area contributed by atoms with E-state index in [4.69, 9.17) is 9.47 Å². The first-order chi connectivity index (χ1) is 14.8. The number of benzene rings is 1. The first-order valence-electron chi connectivity index (χ1n) is 12.1. The highest BCUT2D eigenvalue weighted by molar-refractivity contribution is 5.78. The Morgan fingerprint density at radius 3 is 2.39 bits per heavy atom. The Balaban J connectivity index is 2.60. The summed E-state index contributed by atoms with van der Waals surface area (Å²) in [7, 11) is 1.68. The average molecular weight is 435 g/mol. The number of carbonyl (C=O) groups excluding carboxylic acids is 1. The van der Waals surface area contributed by atoms with Crippen LogP contribution in [0.3, 0.4) is 0 Å². The molecule has 3 unspecified atom stereocenters. The second kappa shape index (κ2) is 15.3. The van der Waals surface area contributed by atoms with E-state index in [0.717, 1.165) is 50.8 Å². The molecule has 31 heavy (non-hydrogen) atoms. The standard InChI is InChI=1S/C26H46N2O3/c1-8-10-12-19(3)26(29)28-23(11-9-2)15-16-27-22(6)24-13-14-25(21(5)20(24)4)31-18-17-30-7/h13-14,19,22-23,27H,8-12,15-18H2,1-7H3,(H,28,29). The number of rotatable bonds is 16. The summed E-state index contributed by atoms with van der Waals surface area (Å²) >= 11 is 0. The molecule has 0 aliphatic rings. The monoisotopic (exact) mass is 434 g/mol. The van der Waals surface area contributed by atoms with Gasteiger partial charge in [-0.1, -0.05) is 46.1 Å². The molecule has 0 heterocycles. The Bertz CT molecular complexity index is 648. The number of nitrogens with one attached hydrogen (secondary N) is 2. The Labute approximate surface area is 190 Å². The number of ether oxygens (including phenoxy) is 2. The normalized spacial score (nSPS) is 14.2. The van der Waals surface area contributed by atoms with Crippen LogP contribution in [0, 0.1) is 19.8 Å². The van der Waals surface area contributed by atoms with Crippen molar-refractivity contribution in [2.24, 2.45) is 5.92 Å². The van der Waals surface area contributed by atoms with Crippen molar-refractivity contribution in [3.05, 3.63) is 28.8 Å². The third-order valence-corrected chi connectivity index (χ3v) is 6.16. The number of hydrogen-bond donors (Lipinski definition) is 2. The smallest absolute Gasteiger partial charge is 0.223 e. The van der Waals surface area contributed by atoms with Crippen molar-refractivity contribution in [3.63, 3.8) is 0 Å². The number of hydrogen-bond acceptors (Lipinski definition) is 4. The second-order valence-electron chi connectivity index (χ2n) is 8.75. The van der Waals surface area contributed by atoms with Crippen molar-refractivity contribution in [2.75, 3.05) is 26.9 Å². The summed E-state index contributed by atoms with van der Waals surface area (Å²) in [5.74, 6) is 1.23. The zero-order chi connectivity index (χ0) is 23.2. The summed E-state index contributed by atoms with van der Waals surface area (Å²) in [4.78, 5) is 12.5. The minimum atomic E-state index is 0.0986. The van der Waals surface area contributed by atoms with E-state index in [-0.39, 0.29) is 23.9 Å². The average Bonchev–Trinajstić information content (AvgIpc) is 2.75. The van der Waals surface area contributed by atoms with E-state index in [1.807, 2.05) is 6.92 Å². The summed E-state index contributed by atoms with van der Waals surface area (Å²) < 4.78 is 10.9. The van der Waals surface area contributed by atoms with Gasteiger partial charge in [0.1, 0.15) is 12.4 Å². The van der Waals surface area contributed by atoms with Crippen LogP contribution in [0.25, 0.3) is 0 Å². The quantitative estimate of drug-likeness (QED) is 0.338. The first kappa shape index (κ1) is 27.4. The molecule has 5 nitrogen and oxygen atoms in total. The lowest BCUT2D eigenvalue weighted by molar-refractivity contribution is -0.125. The van der Waals surface area contributed by atoms with Crippen LogP contribution in [-0.2, 0) is 9.53 Å². The van der Waals surface area contributed by atoms with Gasteiger partial charge in [0.25, 0.3) is 0 Å². The minimum absolute atomic E-state index is 0.0986. The molecule has 5 heteroatoms. The molecule has 0 fully saturated rings. The Kier molecular flexibility index (Phi) is 13.5. The maximum atomic E-state index is 12.5. The number of amides is 1. The van der Waals surface area contributed by atoms with Crippen molar-refractivity contribution in [2.45, 2.75) is 92.2 Å². The lowest BCUT2D eigenvalue weighted by atomic mass is 9.97. The van der Waals surface area contributed by atoms with E-state index >= 15 is 0 Å². The lowest BCUT2D eigenvalue weighted by Crippen LogP contribution is -2.40. The Morgan fingerprint density at radius 2 is 1.74 bits per heavy atom. The van der Waals surface area contributed by atoms with Crippen LogP contribution in [0.2, 0.25) is 0 Å². The molecule has 0 aliphatic carbocycles. The molecule has 0 bridgehead atoms. The van der Waals surface area contributed by atoms with Gasteiger partial charge in [0.05, 0.1) is 6.61 Å². The summed E-state index contributed by atoms with van der Waals surface area (Å²) in [6.07, 6.45) is 6.26. The molecule has 0 saturated heterocycles. The van der Waals surface area contributed by atoms with Gasteiger partial charge in [0, 0.05) is 25.1 Å². The lowest BCUT2D eigenvalue weighted by Gasteiger charge is -2.23. The second-order valence-corrected chi connectivity index (χ2v) is 8.75. The topological polar surface area (TPSA) is 59.6 Å². The maximum absolute atomic E-state index is 12.5. The molecule has 1 amide bonds. The summed E-state index contributed by atoms with van der Waals surface area (Å²) in [6, 6.07) is 4.69. The van der Waals surface area contributed by atoms with Gasteiger partial charge >= 0.3 is 0 Å². The third kappa shape index (κ3) is 9.61. The van der Waals surface area contributed by atoms with Gasteiger partial charge in [-0.15, -0.1) is 0 Å². The SMILES string of the molecule is CCCCC(C)C(=O)NC(CCC)CCNC(C)c1ccc(OCCOC)c(C)c1C. The molecular formula is C26H46N2O3. The third-order valence-electron chi connectivity index (χ3n) is 6.16. The number of carbonyl (C=O) groups is 1. The first-order valence-corrected chi connectivity index (χ1v) is 12.1. The highest BCUT2D eigenvalue weighted by atomic mass is 16.5. The van der Waals surface area contributed by atoms with Crippen molar-refractivity contribution in [1.82, 2.24) is 10.6 Å². The van der Waals surface area contributed by atoms with Crippen LogP contribution < -0.4 is 15.4 Å². The number of unbranched alkanes of at least 4 members (excludes halogenated alkanes) is 1. The molecule has 1 aromatic carbocycles. The summed E-state index contributed by atoms with van der Waals surface area (Å²) in [5, 5.41) is 6.94. The van der Waals surface area contributed by atoms with E-state index in [2.05, 4.69) is 57.4 Å². The van der Waals surface area contributed by atoms with E-state index in [1.54, 1.807) is 7.11 Å². The Morgan fingerprint density at radius 1 is 1.00 bits per heavy atom. The molecular weight excluding hydrogens is 388 g/mol. The van der Waals surface area contributed by atoms with Crippen LogP contribution >= 0.6 is 0 Å². The van der Waals surface area contributed by atoms with Gasteiger partial charge in [-0.05, 0) is 69.3 Å². The van der Waals surface area contributed by atoms with Gasteiger partial charge in [-0.2, -0.15) is 0 Å². The van der Waals surface area contributed by atoms with Crippen molar-refractivity contribution in [1.29, 1.82) is 0 Å². The molecule has 1 aromatic rings. The predicted molar refractivity (Wildman–Crippen MR) is 130 cm³/mol. The minimum Gasteiger partial charge on any atom is -0.491 e. The predicted octanol–water partition coefficient (Wildman–Crippen LogP) is 5.48. The molecule has 0 spiro atoms. The molecule has 0 aromatic heterocycles. The molecule has 178 valence electrons. The van der Waals surface area contributed by atoms with E-state index < -0.39 is 0 Å². The van der Waals surface area contributed by atoms with Crippen LogP contribution in [0.4, 0.5) is 0 Å². The van der Waals surface area contributed by atoms with Crippen molar-refractivity contribution in [3.8, 4) is 5.75 Å². The summed E-state index contributed by atoms with van der Waals surface area (Å²) in [5.41, 5.74) is 3.73. The zero-order valence-corrected chi connectivity index (χ0v) is 21.0. The highest BCUT2D eigenvalue weighted by Crippen LogP contribution is 2.28. The van der Waals surface area contributed by atoms with Gasteiger partial charge in [-0.25, -0.2) is 0 Å². The van der Waals surface area contributed by atoms with Crippen LogP contribution in [0.15, 0.2) is 12.1 Å². The van der Waals surface area contributed by atoms with Crippen molar-refractivity contribution >= 4 is 5.91 Å². The van der Waals surface area contributed by atoms with E-state index in [9.17, 15) is 4.79 Å². The fourth-order valence-electron chi connectivity index (χ4n) is 3.88. The largest absolute Gasteiger partial charge is 0.491 e. The van der Waals surface area contributed by atoms with Gasteiger partial charge in [0.2, 0.25) is 5.91 Å². The molecule has 2 N–H and O–H groups in total. The molecule has 0 aliphatic heterocycles.